The van der Waals surface area contributed by atoms with Gasteiger partial charge in [-0.1, -0.05) is 12.1 Å². The van der Waals surface area contributed by atoms with Gasteiger partial charge in [0, 0.05) is 24.3 Å². The summed E-state index contributed by atoms with van der Waals surface area (Å²) in [6.07, 6.45) is 3.82. The molecule has 4 nitrogen and oxygen atoms in total. The van der Waals surface area contributed by atoms with Crippen LogP contribution in [0.4, 0.5) is 5.69 Å². The van der Waals surface area contributed by atoms with E-state index in [4.69, 9.17) is 10.9 Å². The smallest absolute Gasteiger partial charge is 0.170 e. The third kappa shape index (κ3) is 2.94. The number of nitrogens with zero attached hydrogens (tertiary/aromatic N) is 2. The predicted octanol–water partition coefficient (Wildman–Crippen LogP) is 2.41. The summed E-state index contributed by atoms with van der Waals surface area (Å²) in [6.45, 7) is 4.56. The van der Waals surface area contributed by atoms with Gasteiger partial charge >= 0.3 is 0 Å². The number of hydrogen-bond acceptors (Lipinski definition) is 3. The van der Waals surface area contributed by atoms with Crippen LogP contribution in [0.3, 0.4) is 0 Å². The summed E-state index contributed by atoms with van der Waals surface area (Å²) in [4.78, 5) is 2.42. The highest BCUT2D eigenvalue weighted by atomic mass is 16.4. The molecule has 0 aliphatic carbocycles. The van der Waals surface area contributed by atoms with Gasteiger partial charge in [0.2, 0.25) is 0 Å². The average molecular weight is 247 g/mol. The Kier molecular flexibility index (Phi) is 4.07. The summed E-state index contributed by atoms with van der Waals surface area (Å²) in [5, 5.41) is 11.6. The molecule has 0 saturated carbocycles. The zero-order valence-electron chi connectivity index (χ0n) is 10.8. The first-order valence-electron chi connectivity index (χ1n) is 6.53. The number of rotatable bonds is 2. The van der Waals surface area contributed by atoms with Crippen LogP contribution in [0.5, 0.6) is 0 Å². The summed E-state index contributed by atoms with van der Waals surface area (Å²) < 4.78 is 0. The first-order chi connectivity index (χ1) is 8.70. The number of hydrogen-bond donors (Lipinski definition) is 2. The van der Waals surface area contributed by atoms with Crippen LogP contribution in [0.15, 0.2) is 29.4 Å². The second-order valence-corrected chi connectivity index (χ2v) is 5.06. The lowest BCUT2D eigenvalue weighted by atomic mass is 10.0. The van der Waals surface area contributed by atoms with Crippen molar-refractivity contribution in [2.24, 2.45) is 16.8 Å². The molecule has 0 spiro atoms. The van der Waals surface area contributed by atoms with E-state index in [0.717, 1.165) is 24.6 Å². The quantitative estimate of drug-likeness (QED) is 0.365. The van der Waals surface area contributed by atoms with Gasteiger partial charge in [-0.3, -0.25) is 0 Å². The van der Waals surface area contributed by atoms with Gasteiger partial charge in [-0.05, 0) is 49.4 Å². The lowest BCUT2D eigenvalue weighted by molar-refractivity contribution is 0.318. The molecule has 1 atom stereocenters. The van der Waals surface area contributed by atoms with Crippen LogP contribution < -0.4 is 10.6 Å². The van der Waals surface area contributed by atoms with Crippen molar-refractivity contribution < 1.29 is 5.21 Å². The van der Waals surface area contributed by atoms with Crippen molar-refractivity contribution in [1.82, 2.24) is 0 Å². The monoisotopic (exact) mass is 247 g/mol. The number of benzene rings is 1. The molecule has 4 heteroatoms. The van der Waals surface area contributed by atoms with E-state index >= 15 is 0 Å². The van der Waals surface area contributed by atoms with Crippen LogP contribution in [-0.2, 0) is 0 Å². The van der Waals surface area contributed by atoms with Gasteiger partial charge in [-0.25, -0.2) is 0 Å². The zero-order chi connectivity index (χ0) is 13.0. The zero-order valence-corrected chi connectivity index (χ0v) is 10.8. The fourth-order valence-electron chi connectivity index (χ4n) is 2.42. The molecule has 98 valence electrons. The summed E-state index contributed by atoms with van der Waals surface area (Å²) in [6, 6.07) is 7.89. The molecule has 1 aromatic carbocycles. The van der Waals surface area contributed by atoms with Crippen molar-refractivity contribution in [3.05, 3.63) is 29.8 Å². The van der Waals surface area contributed by atoms with Crippen LogP contribution in [0, 0.1) is 5.92 Å². The highest BCUT2D eigenvalue weighted by Crippen LogP contribution is 2.22. The fourth-order valence-corrected chi connectivity index (χ4v) is 2.42. The van der Waals surface area contributed by atoms with Gasteiger partial charge in [0.15, 0.2) is 5.84 Å². The largest absolute Gasteiger partial charge is 0.409 e. The number of anilines is 1. The van der Waals surface area contributed by atoms with E-state index in [2.05, 4.69) is 17.0 Å². The van der Waals surface area contributed by atoms with Crippen molar-refractivity contribution >= 4 is 11.5 Å². The Morgan fingerprint density at radius 1 is 1.28 bits per heavy atom. The molecule has 3 N–H and O–H groups in total. The molecule has 2 rings (SSSR count). The van der Waals surface area contributed by atoms with Crippen LogP contribution in [0.25, 0.3) is 0 Å². The Labute approximate surface area is 108 Å². The average Bonchev–Trinajstić information content (AvgIpc) is 2.63. The number of nitrogens with two attached hydrogens (primary N) is 1. The molecule has 1 fully saturated rings. The minimum absolute atomic E-state index is 0.158. The van der Waals surface area contributed by atoms with Gasteiger partial charge in [0.05, 0.1) is 0 Å². The lowest BCUT2D eigenvalue weighted by Gasteiger charge is -2.23. The third-order valence-electron chi connectivity index (χ3n) is 3.65. The van der Waals surface area contributed by atoms with Crippen LogP contribution in [-0.4, -0.2) is 24.1 Å². The molecule has 1 aliphatic heterocycles. The van der Waals surface area contributed by atoms with Gasteiger partial charge in [0.1, 0.15) is 0 Å². The van der Waals surface area contributed by atoms with Gasteiger partial charge in [-0.15, -0.1) is 0 Å². The topological polar surface area (TPSA) is 61.8 Å². The molecule has 0 aromatic heterocycles. The van der Waals surface area contributed by atoms with E-state index in [-0.39, 0.29) is 5.84 Å². The highest BCUT2D eigenvalue weighted by molar-refractivity contribution is 5.97. The molecule has 0 radical (unpaired) electrons. The molecular formula is C14H21N3O. The molecule has 1 aliphatic rings. The molecule has 18 heavy (non-hydrogen) atoms. The Hall–Kier alpha value is -1.71. The second kappa shape index (κ2) is 5.76. The number of amidine groups is 1. The van der Waals surface area contributed by atoms with Gasteiger partial charge < -0.3 is 15.8 Å². The van der Waals surface area contributed by atoms with Gasteiger partial charge in [0.25, 0.3) is 0 Å². The van der Waals surface area contributed by atoms with E-state index in [1.807, 2.05) is 24.3 Å². The summed E-state index contributed by atoms with van der Waals surface area (Å²) in [5.41, 5.74) is 7.53. The predicted molar refractivity (Wildman–Crippen MR) is 74.2 cm³/mol. The van der Waals surface area contributed by atoms with Crippen LogP contribution in [0.1, 0.15) is 31.7 Å². The molecule has 1 aromatic rings. The molecular weight excluding hydrogens is 226 g/mol. The normalized spacial score (nSPS) is 21.7. The Morgan fingerprint density at radius 3 is 2.67 bits per heavy atom. The van der Waals surface area contributed by atoms with Crippen molar-refractivity contribution in [3.8, 4) is 0 Å². The van der Waals surface area contributed by atoms with Crippen molar-refractivity contribution in [3.63, 3.8) is 0 Å². The molecule has 1 saturated heterocycles. The maximum Gasteiger partial charge on any atom is 0.170 e. The van der Waals surface area contributed by atoms with Crippen molar-refractivity contribution in [2.75, 3.05) is 18.0 Å². The van der Waals surface area contributed by atoms with E-state index in [1.165, 1.54) is 24.9 Å². The first-order valence-corrected chi connectivity index (χ1v) is 6.53. The Morgan fingerprint density at radius 2 is 2.00 bits per heavy atom. The second-order valence-electron chi connectivity index (χ2n) is 5.06. The van der Waals surface area contributed by atoms with E-state index in [9.17, 15) is 0 Å². The van der Waals surface area contributed by atoms with E-state index in [1.54, 1.807) is 0 Å². The fraction of sp³-hybridized carbons (Fsp3) is 0.500. The van der Waals surface area contributed by atoms with Gasteiger partial charge in [-0.2, -0.15) is 0 Å². The van der Waals surface area contributed by atoms with E-state index < -0.39 is 0 Å². The summed E-state index contributed by atoms with van der Waals surface area (Å²) in [7, 11) is 0. The van der Waals surface area contributed by atoms with Crippen LogP contribution in [0.2, 0.25) is 0 Å². The minimum Gasteiger partial charge on any atom is -0.409 e. The van der Waals surface area contributed by atoms with E-state index in [0.29, 0.717) is 0 Å². The highest BCUT2D eigenvalue weighted by Gasteiger charge is 2.14. The Balaban J connectivity index is 2.09. The first kappa shape index (κ1) is 12.7. The summed E-state index contributed by atoms with van der Waals surface area (Å²) in [5.74, 6) is 0.984. The maximum absolute atomic E-state index is 8.63. The SMILES string of the molecule is CC1CCCN(c2ccc(C(N)=NO)cc2)CC1. The molecule has 1 unspecified atom stereocenters. The third-order valence-corrected chi connectivity index (χ3v) is 3.65. The number of oxime groups is 1. The molecule has 1 heterocycles. The standard InChI is InChI=1S/C14H21N3O/c1-11-3-2-9-17(10-8-11)13-6-4-12(5-7-13)14(15)16-18/h4-7,11,18H,2-3,8-10H2,1H3,(H2,15,16). The Bertz CT molecular complexity index is 414. The minimum atomic E-state index is 0.158. The lowest BCUT2D eigenvalue weighted by Crippen LogP contribution is -2.24. The van der Waals surface area contributed by atoms with Crippen LogP contribution >= 0.6 is 0 Å². The molecule has 0 bridgehead atoms. The van der Waals surface area contributed by atoms with Crippen molar-refractivity contribution in [1.29, 1.82) is 0 Å². The maximum atomic E-state index is 8.63. The summed E-state index contributed by atoms with van der Waals surface area (Å²) >= 11 is 0. The molecule has 0 amide bonds. The van der Waals surface area contributed by atoms with Crippen molar-refractivity contribution in [2.45, 2.75) is 26.2 Å².